The fourth-order valence-electron chi connectivity index (χ4n) is 5.10. The van der Waals surface area contributed by atoms with Crippen LogP contribution in [0.15, 0.2) is 24.3 Å². The van der Waals surface area contributed by atoms with Crippen LogP contribution in [0.1, 0.15) is 45.2 Å². The summed E-state index contributed by atoms with van der Waals surface area (Å²) in [6, 6.07) is 8.45. The molecule has 2 heterocycles. The SMILES string of the molecule is CCN(CC)Cc1cccc(CNC(=O)N2CCN(CC(=O)N3CC(C)CC(C)C3)CC2)c1. The molecule has 0 radical (unpaired) electrons. The zero-order valence-corrected chi connectivity index (χ0v) is 21.1. The summed E-state index contributed by atoms with van der Waals surface area (Å²) in [4.78, 5) is 33.9. The Morgan fingerprint density at radius 2 is 1.61 bits per heavy atom. The summed E-state index contributed by atoms with van der Waals surface area (Å²) in [5, 5.41) is 3.07. The molecule has 2 unspecified atom stereocenters. The molecule has 2 aliphatic heterocycles. The van der Waals surface area contributed by atoms with Gasteiger partial charge in [-0.1, -0.05) is 52.0 Å². The molecular weight excluding hydrogens is 414 g/mol. The second kappa shape index (κ2) is 12.4. The number of likely N-dealkylation sites (tertiary alicyclic amines) is 1. The van der Waals surface area contributed by atoms with Crippen molar-refractivity contribution >= 4 is 11.9 Å². The van der Waals surface area contributed by atoms with Crippen LogP contribution in [-0.2, 0) is 17.9 Å². The van der Waals surface area contributed by atoms with Gasteiger partial charge in [-0.3, -0.25) is 14.6 Å². The summed E-state index contributed by atoms with van der Waals surface area (Å²) in [5.41, 5.74) is 2.41. The van der Waals surface area contributed by atoms with E-state index in [9.17, 15) is 9.59 Å². The van der Waals surface area contributed by atoms with E-state index >= 15 is 0 Å². The Balaban J connectivity index is 1.40. The fraction of sp³-hybridized carbons (Fsp3) is 0.692. The van der Waals surface area contributed by atoms with Crippen molar-refractivity contribution in [3.8, 4) is 0 Å². The molecule has 2 aliphatic rings. The molecule has 1 N–H and O–H groups in total. The zero-order valence-electron chi connectivity index (χ0n) is 21.1. The maximum absolute atomic E-state index is 12.8. The molecule has 3 rings (SSSR count). The largest absolute Gasteiger partial charge is 0.341 e. The summed E-state index contributed by atoms with van der Waals surface area (Å²) in [6.45, 7) is 17.4. The highest BCUT2D eigenvalue weighted by Crippen LogP contribution is 2.21. The van der Waals surface area contributed by atoms with Gasteiger partial charge in [0, 0.05) is 52.4 Å². The number of carbonyl (C=O) groups is 2. The number of nitrogens with zero attached hydrogens (tertiary/aromatic N) is 4. The second-order valence-corrected chi connectivity index (χ2v) is 9.95. The summed E-state index contributed by atoms with van der Waals surface area (Å²) >= 11 is 0. The van der Waals surface area contributed by atoms with Gasteiger partial charge in [0.2, 0.25) is 5.91 Å². The average molecular weight is 458 g/mol. The Bertz CT molecular complexity index is 764. The number of benzene rings is 1. The number of rotatable bonds is 8. The average Bonchev–Trinajstić information content (AvgIpc) is 2.81. The third kappa shape index (κ3) is 7.71. The minimum atomic E-state index is -0.0196. The predicted octanol–water partition coefficient (Wildman–Crippen LogP) is 2.86. The van der Waals surface area contributed by atoms with Crippen molar-refractivity contribution in [3.05, 3.63) is 35.4 Å². The van der Waals surface area contributed by atoms with Gasteiger partial charge in [-0.15, -0.1) is 0 Å². The van der Waals surface area contributed by atoms with Gasteiger partial charge in [-0.25, -0.2) is 4.79 Å². The lowest BCUT2D eigenvalue weighted by atomic mass is 9.92. The van der Waals surface area contributed by atoms with E-state index in [1.807, 2.05) is 9.80 Å². The van der Waals surface area contributed by atoms with Gasteiger partial charge in [-0.05, 0) is 42.5 Å². The second-order valence-electron chi connectivity index (χ2n) is 9.95. The normalized spacial score (nSPS) is 22.0. The molecule has 3 amide bonds. The summed E-state index contributed by atoms with van der Waals surface area (Å²) in [5.74, 6) is 1.39. The third-order valence-electron chi connectivity index (χ3n) is 6.98. The van der Waals surface area contributed by atoms with Crippen LogP contribution in [0.4, 0.5) is 4.79 Å². The van der Waals surface area contributed by atoms with Crippen molar-refractivity contribution < 1.29 is 9.59 Å². The Morgan fingerprint density at radius 3 is 2.24 bits per heavy atom. The molecule has 33 heavy (non-hydrogen) atoms. The van der Waals surface area contributed by atoms with Crippen LogP contribution < -0.4 is 5.32 Å². The number of carbonyl (C=O) groups excluding carboxylic acids is 2. The van der Waals surface area contributed by atoms with E-state index in [4.69, 9.17) is 0 Å². The van der Waals surface area contributed by atoms with Crippen molar-refractivity contribution in [2.45, 2.75) is 47.2 Å². The number of hydrogen-bond acceptors (Lipinski definition) is 4. The summed E-state index contributed by atoms with van der Waals surface area (Å²) < 4.78 is 0. The minimum Gasteiger partial charge on any atom is -0.341 e. The van der Waals surface area contributed by atoms with Crippen LogP contribution in [0.2, 0.25) is 0 Å². The van der Waals surface area contributed by atoms with Crippen molar-refractivity contribution in [2.24, 2.45) is 11.8 Å². The highest BCUT2D eigenvalue weighted by atomic mass is 16.2. The summed E-state index contributed by atoms with van der Waals surface area (Å²) in [6.07, 6.45) is 1.21. The standard InChI is InChI=1S/C26H43N5O2/c1-5-28(6-2)19-24-9-7-8-23(15-24)16-27-26(33)30-12-10-29(11-13-30)20-25(32)31-17-21(3)14-22(4)18-31/h7-9,15,21-22H,5-6,10-14,16-20H2,1-4H3,(H,27,33). The Morgan fingerprint density at radius 1 is 0.970 bits per heavy atom. The van der Waals surface area contributed by atoms with Crippen LogP contribution >= 0.6 is 0 Å². The van der Waals surface area contributed by atoms with Gasteiger partial charge >= 0.3 is 6.03 Å². The van der Waals surface area contributed by atoms with E-state index < -0.39 is 0 Å². The Hall–Kier alpha value is -2.12. The lowest BCUT2D eigenvalue weighted by Crippen LogP contribution is -2.54. The number of nitrogens with one attached hydrogen (secondary N) is 1. The topological polar surface area (TPSA) is 59.1 Å². The van der Waals surface area contributed by atoms with E-state index in [2.05, 4.69) is 67.1 Å². The van der Waals surface area contributed by atoms with Crippen LogP contribution in [0.5, 0.6) is 0 Å². The van der Waals surface area contributed by atoms with E-state index in [1.165, 1.54) is 12.0 Å². The first kappa shape index (κ1) is 25.5. The molecular formula is C26H43N5O2. The summed E-state index contributed by atoms with van der Waals surface area (Å²) in [7, 11) is 0. The number of urea groups is 1. The van der Waals surface area contributed by atoms with Gasteiger partial charge in [0.15, 0.2) is 0 Å². The Kier molecular flexibility index (Phi) is 9.56. The third-order valence-corrected chi connectivity index (χ3v) is 6.98. The van der Waals surface area contributed by atoms with Crippen LogP contribution in [0.3, 0.4) is 0 Å². The smallest absolute Gasteiger partial charge is 0.317 e. The first-order chi connectivity index (χ1) is 15.9. The molecule has 184 valence electrons. The molecule has 2 atom stereocenters. The van der Waals surface area contributed by atoms with Crippen LogP contribution in [0, 0.1) is 11.8 Å². The lowest BCUT2D eigenvalue weighted by molar-refractivity contribution is -0.135. The molecule has 7 nitrogen and oxygen atoms in total. The molecule has 0 aliphatic carbocycles. The predicted molar refractivity (Wildman–Crippen MR) is 133 cm³/mol. The molecule has 0 aromatic heterocycles. The maximum Gasteiger partial charge on any atom is 0.317 e. The quantitative estimate of drug-likeness (QED) is 0.652. The first-order valence-corrected chi connectivity index (χ1v) is 12.7. The molecule has 7 heteroatoms. The van der Waals surface area contributed by atoms with Gasteiger partial charge in [0.25, 0.3) is 0 Å². The van der Waals surface area contributed by atoms with Crippen molar-refractivity contribution in [1.29, 1.82) is 0 Å². The van der Waals surface area contributed by atoms with Crippen molar-refractivity contribution in [1.82, 2.24) is 24.9 Å². The number of hydrogen-bond donors (Lipinski definition) is 1. The maximum atomic E-state index is 12.8. The minimum absolute atomic E-state index is 0.0196. The van der Waals surface area contributed by atoms with Crippen molar-refractivity contribution in [3.63, 3.8) is 0 Å². The highest BCUT2D eigenvalue weighted by Gasteiger charge is 2.28. The molecule has 0 spiro atoms. The van der Waals surface area contributed by atoms with Gasteiger partial charge in [0.1, 0.15) is 0 Å². The highest BCUT2D eigenvalue weighted by molar-refractivity contribution is 5.78. The lowest BCUT2D eigenvalue weighted by Gasteiger charge is -2.38. The van der Waals surface area contributed by atoms with Crippen LogP contribution in [0.25, 0.3) is 0 Å². The van der Waals surface area contributed by atoms with Gasteiger partial charge in [0.05, 0.1) is 6.54 Å². The fourth-order valence-corrected chi connectivity index (χ4v) is 5.10. The number of piperazine rings is 1. The molecule has 2 fully saturated rings. The van der Waals surface area contributed by atoms with E-state index in [1.54, 1.807) is 0 Å². The molecule has 1 aromatic rings. The molecule has 2 saturated heterocycles. The van der Waals surface area contributed by atoms with E-state index in [0.29, 0.717) is 38.0 Å². The number of amides is 3. The molecule has 1 aromatic carbocycles. The number of piperidine rings is 1. The Labute approximate surface area is 200 Å². The van der Waals surface area contributed by atoms with E-state index in [-0.39, 0.29) is 11.9 Å². The van der Waals surface area contributed by atoms with Gasteiger partial charge < -0.3 is 15.1 Å². The molecule has 0 bridgehead atoms. The molecule has 0 saturated carbocycles. The van der Waals surface area contributed by atoms with Crippen molar-refractivity contribution in [2.75, 3.05) is 58.9 Å². The van der Waals surface area contributed by atoms with E-state index in [0.717, 1.165) is 51.4 Å². The van der Waals surface area contributed by atoms with Gasteiger partial charge in [-0.2, -0.15) is 0 Å². The van der Waals surface area contributed by atoms with Crippen LogP contribution in [-0.4, -0.2) is 90.4 Å². The zero-order chi connectivity index (χ0) is 23.8. The first-order valence-electron chi connectivity index (χ1n) is 12.7. The monoisotopic (exact) mass is 457 g/mol.